The van der Waals surface area contributed by atoms with Gasteiger partial charge in [-0.25, -0.2) is 4.57 Å². The monoisotopic (exact) mass is 561 g/mol. The number of nitrogens with zero attached hydrogens (tertiary/aromatic N) is 1. The molecule has 0 saturated carbocycles. The number of benzene rings is 2. The summed E-state index contributed by atoms with van der Waals surface area (Å²) in [7, 11) is -4.36. The summed E-state index contributed by atoms with van der Waals surface area (Å²) in [5.41, 5.74) is 0.989. The summed E-state index contributed by atoms with van der Waals surface area (Å²) in [6, 6.07) is 14.0. The highest BCUT2D eigenvalue weighted by atomic mass is 32.2. The molecule has 1 atom stereocenters. The number of phosphoric acid groups is 1. The van der Waals surface area contributed by atoms with Gasteiger partial charge >= 0.3 is 7.82 Å². The second-order valence-corrected chi connectivity index (χ2v) is 12.0. The standard InChI is InChI=1S/C30H44NO5PS/c1-2-3-4-5-6-7-8-9-10-11-12-13-21-34-28-17-15-19-30(24-28)36-37(32,33)35-29-18-14-16-27(23-29)25-31-20-22-38-26-31/h14-20,22-24H,2-13,21,25-26H2,1H3,(H,32,33). The predicted octanol–water partition coefficient (Wildman–Crippen LogP) is 9.30. The summed E-state index contributed by atoms with van der Waals surface area (Å²) >= 11 is 1.73. The molecule has 8 heteroatoms. The summed E-state index contributed by atoms with van der Waals surface area (Å²) in [6.07, 6.45) is 17.6. The van der Waals surface area contributed by atoms with Crippen LogP contribution in [0.15, 0.2) is 60.1 Å². The fourth-order valence-electron chi connectivity index (χ4n) is 4.38. The van der Waals surface area contributed by atoms with Crippen LogP contribution < -0.4 is 13.8 Å². The smallest absolute Gasteiger partial charge is 0.493 e. The van der Waals surface area contributed by atoms with E-state index in [-0.39, 0.29) is 5.75 Å². The first-order chi connectivity index (χ1) is 18.5. The summed E-state index contributed by atoms with van der Waals surface area (Å²) in [5, 5.41) is 2.05. The van der Waals surface area contributed by atoms with E-state index in [0.29, 0.717) is 24.7 Å². The van der Waals surface area contributed by atoms with Crippen molar-refractivity contribution in [1.82, 2.24) is 4.90 Å². The molecule has 1 aliphatic heterocycles. The Labute approximate surface area is 233 Å². The number of unbranched alkanes of at least 4 members (excludes halogenated alkanes) is 11. The highest BCUT2D eigenvalue weighted by molar-refractivity contribution is 8.02. The number of hydrogen-bond acceptors (Lipinski definition) is 6. The Morgan fingerprint density at radius 3 is 2.03 bits per heavy atom. The number of thioether (sulfide) groups is 1. The van der Waals surface area contributed by atoms with E-state index in [9.17, 15) is 9.46 Å². The third-order valence-electron chi connectivity index (χ3n) is 6.41. The first kappa shape index (κ1) is 30.5. The highest BCUT2D eigenvalue weighted by Gasteiger charge is 2.25. The Kier molecular flexibility index (Phi) is 14.0. The number of phosphoric ester groups is 1. The second kappa shape index (κ2) is 17.5. The molecule has 1 N–H and O–H groups in total. The maximum absolute atomic E-state index is 12.7. The van der Waals surface area contributed by atoms with Crippen LogP contribution in [0.1, 0.15) is 89.5 Å². The molecule has 1 heterocycles. The minimum atomic E-state index is -4.36. The fourth-order valence-corrected chi connectivity index (χ4v) is 5.89. The van der Waals surface area contributed by atoms with Crippen LogP contribution in [0, 0.1) is 0 Å². The number of ether oxygens (including phenoxy) is 1. The lowest BCUT2D eigenvalue weighted by Crippen LogP contribution is -2.12. The van der Waals surface area contributed by atoms with Crippen molar-refractivity contribution in [3.8, 4) is 17.2 Å². The van der Waals surface area contributed by atoms with Gasteiger partial charge in [0.1, 0.15) is 17.2 Å². The molecule has 3 rings (SSSR count). The van der Waals surface area contributed by atoms with E-state index in [2.05, 4.69) is 11.8 Å². The van der Waals surface area contributed by atoms with Gasteiger partial charge < -0.3 is 18.7 Å². The van der Waals surface area contributed by atoms with Gasteiger partial charge in [-0.1, -0.05) is 95.8 Å². The van der Waals surface area contributed by atoms with Gasteiger partial charge in [-0.2, -0.15) is 0 Å². The van der Waals surface area contributed by atoms with Crippen LogP contribution in [-0.2, 0) is 11.1 Å². The van der Waals surface area contributed by atoms with Crippen LogP contribution >= 0.6 is 19.6 Å². The zero-order chi connectivity index (χ0) is 26.9. The Hall–Kier alpha value is -2.08. The lowest BCUT2D eigenvalue weighted by molar-refractivity contribution is 0.287. The van der Waals surface area contributed by atoms with E-state index in [1.807, 2.05) is 29.8 Å². The quantitative estimate of drug-likeness (QED) is 0.128. The average Bonchev–Trinajstić information content (AvgIpc) is 3.40. The van der Waals surface area contributed by atoms with Gasteiger partial charge in [-0.05, 0) is 41.7 Å². The summed E-state index contributed by atoms with van der Waals surface area (Å²) in [6.45, 7) is 3.58. The van der Waals surface area contributed by atoms with Crippen molar-refractivity contribution in [3.63, 3.8) is 0 Å². The lowest BCUT2D eigenvalue weighted by Gasteiger charge is -2.17. The Bertz CT molecular complexity index is 1020. The zero-order valence-electron chi connectivity index (χ0n) is 22.8. The van der Waals surface area contributed by atoms with Gasteiger partial charge in [-0.15, -0.1) is 11.8 Å². The topological polar surface area (TPSA) is 68.2 Å². The largest absolute Gasteiger partial charge is 0.584 e. The average molecular weight is 562 g/mol. The van der Waals surface area contributed by atoms with Crippen molar-refractivity contribution in [2.24, 2.45) is 0 Å². The van der Waals surface area contributed by atoms with Crippen LogP contribution in [-0.4, -0.2) is 22.3 Å². The molecule has 2 aromatic carbocycles. The molecule has 1 unspecified atom stereocenters. The van der Waals surface area contributed by atoms with E-state index < -0.39 is 7.82 Å². The lowest BCUT2D eigenvalue weighted by atomic mass is 10.1. The number of hydrogen-bond donors (Lipinski definition) is 1. The molecule has 0 fully saturated rings. The summed E-state index contributed by atoms with van der Waals surface area (Å²) in [5.74, 6) is 2.04. The van der Waals surface area contributed by atoms with Crippen LogP contribution in [0.5, 0.6) is 17.2 Å². The van der Waals surface area contributed by atoms with Gasteiger partial charge in [0.05, 0.1) is 12.5 Å². The minimum absolute atomic E-state index is 0.235. The molecule has 0 aromatic heterocycles. The molecule has 0 spiro atoms. The third kappa shape index (κ3) is 12.6. The van der Waals surface area contributed by atoms with Crippen molar-refractivity contribution in [2.45, 2.75) is 90.5 Å². The first-order valence-corrected chi connectivity index (χ1v) is 16.6. The van der Waals surface area contributed by atoms with Crippen LogP contribution in [0.2, 0.25) is 0 Å². The van der Waals surface area contributed by atoms with Gasteiger partial charge in [0, 0.05) is 18.8 Å². The van der Waals surface area contributed by atoms with E-state index in [1.165, 1.54) is 64.2 Å². The molecular formula is C30H44NO5PS. The van der Waals surface area contributed by atoms with Gasteiger partial charge in [0.15, 0.2) is 0 Å². The second-order valence-electron chi connectivity index (χ2n) is 9.84. The maximum Gasteiger partial charge on any atom is 0.584 e. The fraction of sp³-hybridized carbons (Fsp3) is 0.533. The molecule has 0 aliphatic carbocycles. The van der Waals surface area contributed by atoms with Gasteiger partial charge in [0.25, 0.3) is 0 Å². The van der Waals surface area contributed by atoms with E-state index in [4.69, 9.17) is 13.8 Å². The molecule has 0 amide bonds. The van der Waals surface area contributed by atoms with E-state index in [0.717, 1.165) is 24.3 Å². The molecule has 38 heavy (non-hydrogen) atoms. The van der Waals surface area contributed by atoms with Gasteiger partial charge in [-0.3, -0.25) is 4.89 Å². The molecule has 6 nitrogen and oxygen atoms in total. The van der Waals surface area contributed by atoms with Crippen LogP contribution in [0.25, 0.3) is 0 Å². The SMILES string of the molecule is CCCCCCCCCCCCCCOc1cccc(OP(=O)(O)Oc2cccc(CN3C=CSC3)c2)c1. The van der Waals surface area contributed by atoms with Crippen molar-refractivity contribution in [2.75, 3.05) is 12.5 Å². The maximum atomic E-state index is 12.7. The Balaban J connectivity index is 1.31. The minimum Gasteiger partial charge on any atom is -0.493 e. The number of rotatable bonds is 20. The van der Waals surface area contributed by atoms with Crippen LogP contribution in [0.3, 0.4) is 0 Å². The molecule has 2 aromatic rings. The van der Waals surface area contributed by atoms with Gasteiger partial charge in [0.2, 0.25) is 0 Å². The Morgan fingerprint density at radius 1 is 0.816 bits per heavy atom. The molecule has 0 saturated heterocycles. The van der Waals surface area contributed by atoms with E-state index >= 15 is 0 Å². The highest BCUT2D eigenvalue weighted by Crippen LogP contribution is 2.45. The first-order valence-electron chi connectivity index (χ1n) is 14.1. The van der Waals surface area contributed by atoms with Crippen molar-refractivity contribution in [1.29, 1.82) is 0 Å². The van der Waals surface area contributed by atoms with Crippen LogP contribution in [0.4, 0.5) is 0 Å². The molecule has 210 valence electrons. The molecule has 1 aliphatic rings. The normalized spacial score (nSPS) is 14.4. The van der Waals surface area contributed by atoms with Crippen molar-refractivity contribution >= 4 is 19.6 Å². The molecule has 0 bridgehead atoms. The zero-order valence-corrected chi connectivity index (χ0v) is 24.5. The van der Waals surface area contributed by atoms with Crippen molar-refractivity contribution < 1.29 is 23.2 Å². The predicted molar refractivity (Wildman–Crippen MR) is 158 cm³/mol. The third-order valence-corrected chi connectivity index (χ3v) is 8.08. The Morgan fingerprint density at radius 2 is 1.39 bits per heavy atom. The molecular weight excluding hydrogens is 517 g/mol. The molecule has 0 radical (unpaired) electrons. The van der Waals surface area contributed by atoms with Crippen molar-refractivity contribution in [3.05, 3.63) is 65.7 Å². The summed E-state index contributed by atoms with van der Waals surface area (Å²) < 4.78 is 29.2. The van der Waals surface area contributed by atoms with E-state index in [1.54, 1.807) is 42.1 Å². The summed E-state index contributed by atoms with van der Waals surface area (Å²) in [4.78, 5) is 12.5.